The van der Waals surface area contributed by atoms with Crippen LogP contribution < -0.4 is 0 Å². The fourth-order valence-corrected chi connectivity index (χ4v) is 12.8. The first-order valence-electron chi connectivity index (χ1n) is 26.5. The maximum atomic E-state index is 3.99. The molecule has 344 valence electrons. The van der Waals surface area contributed by atoms with Gasteiger partial charge in [-0.1, -0.05) is 283 Å². The summed E-state index contributed by atoms with van der Waals surface area (Å²) in [6.07, 6.45) is 55.1. The monoisotopic (exact) mass is 989 g/mol. The van der Waals surface area contributed by atoms with Crippen LogP contribution in [0.4, 0.5) is 0 Å². The predicted octanol–water partition coefficient (Wildman–Crippen LogP) is 22.1. The van der Waals surface area contributed by atoms with Crippen molar-refractivity contribution in [1.29, 1.82) is 0 Å². The molecule has 2 aromatic heterocycles. The standard InChI is InChI=1S/C56H94Br2S2/c1-5-9-13-17-21-25-27-31-35-39-43-49(41-37-33-29-23-19-15-11-7-3)45-47-51-53-54(60-55(51)57)52(56(58)59-53)48-46-50(42-38-34-30-24-20-16-12-8-4)44-40-36-32-28-26-22-18-14-10-6-2/h49-50H,5-44H2,1-4H3. The lowest BCUT2D eigenvalue weighted by atomic mass is 9.94. The maximum Gasteiger partial charge on any atom is 0.0876 e. The zero-order valence-corrected chi connectivity index (χ0v) is 44.8. The molecule has 2 aromatic rings. The van der Waals surface area contributed by atoms with Crippen molar-refractivity contribution < 1.29 is 0 Å². The molecule has 0 radical (unpaired) electrons. The first-order valence-corrected chi connectivity index (χ1v) is 29.7. The minimum absolute atomic E-state index is 0.506. The second-order valence-electron chi connectivity index (χ2n) is 18.6. The number of hydrogen-bond acceptors (Lipinski definition) is 2. The van der Waals surface area contributed by atoms with Gasteiger partial charge < -0.3 is 0 Å². The van der Waals surface area contributed by atoms with Crippen molar-refractivity contribution in [3.63, 3.8) is 0 Å². The third-order valence-electron chi connectivity index (χ3n) is 12.9. The van der Waals surface area contributed by atoms with Crippen molar-refractivity contribution in [2.24, 2.45) is 11.8 Å². The highest BCUT2D eigenvalue weighted by atomic mass is 79.9. The molecule has 0 aliphatic carbocycles. The van der Waals surface area contributed by atoms with Crippen LogP contribution in [0.15, 0.2) is 7.57 Å². The number of hydrogen-bond donors (Lipinski definition) is 0. The van der Waals surface area contributed by atoms with E-state index in [4.69, 9.17) is 0 Å². The minimum atomic E-state index is 0.506. The topological polar surface area (TPSA) is 0 Å². The number of thiophene rings is 2. The van der Waals surface area contributed by atoms with Crippen LogP contribution in [-0.4, -0.2) is 0 Å². The molecular formula is C56H94Br2S2. The summed E-state index contributed by atoms with van der Waals surface area (Å²) in [6.45, 7) is 9.25. The van der Waals surface area contributed by atoms with Crippen LogP contribution >= 0.6 is 54.5 Å². The Morgan fingerprint density at radius 1 is 0.317 bits per heavy atom. The lowest BCUT2D eigenvalue weighted by Crippen LogP contribution is -1.98. The van der Waals surface area contributed by atoms with Gasteiger partial charge >= 0.3 is 0 Å². The molecule has 0 fully saturated rings. The molecule has 0 aliphatic heterocycles. The second kappa shape index (κ2) is 40.3. The maximum absolute atomic E-state index is 3.99. The van der Waals surface area contributed by atoms with Gasteiger partial charge in [0, 0.05) is 11.8 Å². The number of rotatable bonds is 40. The minimum Gasteiger partial charge on any atom is -0.125 e. The molecule has 0 aliphatic rings. The molecular weight excluding hydrogens is 897 g/mol. The smallest absolute Gasteiger partial charge is 0.0876 e. The molecule has 4 heteroatoms. The highest BCUT2D eigenvalue weighted by Gasteiger charge is 2.18. The SMILES string of the molecule is CCCCCCCCCCCCC(C#Cc1c(Br)sc2c(C#CC(CCCCCCCCCC)CCCCCCCCCCCC)c(Br)sc12)CCCCCCCCCC. The van der Waals surface area contributed by atoms with Gasteiger partial charge in [0.05, 0.1) is 28.1 Å². The van der Waals surface area contributed by atoms with Gasteiger partial charge in [0.2, 0.25) is 0 Å². The van der Waals surface area contributed by atoms with Crippen LogP contribution in [-0.2, 0) is 0 Å². The van der Waals surface area contributed by atoms with Crippen molar-refractivity contribution in [2.45, 2.75) is 285 Å². The van der Waals surface area contributed by atoms with E-state index in [1.165, 1.54) is 285 Å². The van der Waals surface area contributed by atoms with Gasteiger partial charge in [-0.05, 0) is 57.5 Å². The van der Waals surface area contributed by atoms with Crippen molar-refractivity contribution in [1.82, 2.24) is 0 Å². The average molecular weight is 991 g/mol. The normalized spacial score (nSPS) is 12.4. The summed E-state index contributed by atoms with van der Waals surface area (Å²) in [7, 11) is 0. The van der Waals surface area contributed by atoms with Crippen LogP contribution in [0.2, 0.25) is 0 Å². The molecule has 2 rings (SSSR count). The van der Waals surface area contributed by atoms with Gasteiger partial charge in [-0.3, -0.25) is 0 Å². The van der Waals surface area contributed by atoms with Gasteiger partial charge in [0.1, 0.15) is 0 Å². The van der Waals surface area contributed by atoms with Crippen LogP contribution in [0.5, 0.6) is 0 Å². The highest BCUT2D eigenvalue weighted by Crippen LogP contribution is 2.45. The lowest BCUT2D eigenvalue weighted by Gasteiger charge is -2.11. The van der Waals surface area contributed by atoms with Crippen LogP contribution in [0.1, 0.15) is 296 Å². The average Bonchev–Trinajstić information content (AvgIpc) is 3.72. The van der Waals surface area contributed by atoms with Crippen LogP contribution in [0.3, 0.4) is 0 Å². The van der Waals surface area contributed by atoms with Crippen molar-refractivity contribution in [3.8, 4) is 23.7 Å². The summed E-state index contributed by atoms with van der Waals surface area (Å²) < 4.78 is 5.04. The Labute approximate surface area is 399 Å². The molecule has 0 bridgehead atoms. The van der Waals surface area contributed by atoms with Crippen molar-refractivity contribution in [2.75, 3.05) is 0 Å². The van der Waals surface area contributed by atoms with E-state index >= 15 is 0 Å². The lowest BCUT2D eigenvalue weighted by molar-refractivity contribution is 0.472. The first-order chi connectivity index (χ1) is 29.5. The van der Waals surface area contributed by atoms with E-state index in [-0.39, 0.29) is 0 Å². The molecule has 0 saturated carbocycles. The zero-order chi connectivity index (χ0) is 43.1. The molecule has 0 spiro atoms. The molecule has 0 amide bonds. The van der Waals surface area contributed by atoms with E-state index in [1.54, 1.807) is 0 Å². The number of fused-ring (bicyclic) bond motifs is 1. The Bertz CT molecular complexity index is 1290. The largest absolute Gasteiger partial charge is 0.125 e. The fourth-order valence-electron chi connectivity index (χ4n) is 8.82. The highest BCUT2D eigenvalue weighted by molar-refractivity contribution is 9.11. The zero-order valence-electron chi connectivity index (χ0n) is 40.0. The summed E-state index contributed by atoms with van der Waals surface area (Å²) in [5.41, 5.74) is 2.41. The summed E-state index contributed by atoms with van der Waals surface area (Å²) in [4.78, 5) is 0. The number of halogens is 2. The predicted molar refractivity (Wildman–Crippen MR) is 283 cm³/mol. The van der Waals surface area contributed by atoms with Gasteiger partial charge in [-0.2, -0.15) is 0 Å². The Hall–Kier alpha value is -0.260. The molecule has 2 atom stereocenters. The summed E-state index contributed by atoms with van der Waals surface area (Å²) in [6, 6.07) is 0. The van der Waals surface area contributed by atoms with Gasteiger partial charge in [0.15, 0.2) is 0 Å². The number of unbranched alkanes of at least 4 members (excludes halogenated alkanes) is 32. The Kier molecular flexibility index (Phi) is 37.5. The van der Waals surface area contributed by atoms with E-state index in [2.05, 4.69) is 83.2 Å². The molecule has 2 heterocycles. The first kappa shape index (κ1) is 55.9. The Morgan fingerprint density at radius 3 is 0.733 bits per heavy atom. The van der Waals surface area contributed by atoms with Gasteiger partial charge in [0.25, 0.3) is 0 Å². The van der Waals surface area contributed by atoms with E-state index in [9.17, 15) is 0 Å². The fraction of sp³-hybridized carbons (Fsp3) is 0.821. The summed E-state index contributed by atoms with van der Waals surface area (Å²) in [5.74, 6) is 16.3. The van der Waals surface area contributed by atoms with Crippen LogP contribution in [0.25, 0.3) is 9.40 Å². The van der Waals surface area contributed by atoms with E-state index in [0.29, 0.717) is 11.8 Å². The molecule has 0 saturated heterocycles. The molecule has 60 heavy (non-hydrogen) atoms. The second-order valence-corrected chi connectivity index (χ2v) is 23.2. The molecule has 0 N–H and O–H groups in total. The van der Waals surface area contributed by atoms with E-state index in [1.807, 2.05) is 22.7 Å². The molecule has 0 nitrogen and oxygen atoms in total. The van der Waals surface area contributed by atoms with Gasteiger partial charge in [-0.15, -0.1) is 22.7 Å². The van der Waals surface area contributed by atoms with E-state index in [0.717, 1.165) is 0 Å². The third-order valence-corrected chi connectivity index (χ3v) is 16.7. The quantitative estimate of drug-likeness (QED) is 0.0461. The van der Waals surface area contributed by atoms with Gasteiger partial charge in [-0.25, -0.2) is 0 Å². The van der Waals surface area contributed by atoms with Crippen molar-refractivity contribution >= 4 is 63.9 Å². The Morgan fingerprint density at radius 2 is 0.517 bits per heavy atom. The third kappa shape index (κ3) is 27.8. The van der Waals surface area contributed by atoms with Crippen molar-refractivity contribution in [3.05, 3.63) is 18.7 Å². The molecule has 0 aromatic carbocycles. The van der Waals surface area contributed by atoms with E-state index < -0.39 is 0 Å². The Balaban J connectivity index is 2.07. The molecule has 2 unspecified atom stereocenters. The summed E-state index contributed by atoms with van der Waals surface area (Å²) >= 11 is 11.7. The van der Waals surface area contributed by atoms with Crippen LogP contribution in [0, 0.1) is 35.5 Å². The summed E-state index contributed by atoms with van der Waals surface area (Å²) in [5, 5.41) is 0.